The number of likely N-dealkylation sites (N-methyl/N-ethyl adjacent to an activating group) is 1. The van der Waals surface area contributed by atoms with Gasteiger partial charge in [-0.25, -0.2) is 0 Å². The van der Waals surface area contributed by atoms with Crippen molar-refractivity contribution < 1.29 is 5.11 Å². The Hall–Kier alpha value is -1.42. The van der Waals surface area contributed by atoms with E-state index < -0.39 is 8.07 Å². The standard InChI is InChI=1S/C25H37NOSi/c1-26-25-21(14-8-4-3-5-13-19-24(25)27)20-28(2,22-15-9-6-10-16-22)23-17-11-7-12-18-23/h6-7,9-12,15-18,21,24-27H,3-5,8,13-14,19-20H2,1-2H3. The highest BCUT2D eigenvalue weighted by atomic mass is 28.3. The van der Waals surface area contributed by atoms with E-state index in [4.69, 9.17) is 0 Å². The maximum Gasteiger partial charge on any atom is 0.115 e. The summed E-state index contributed by atoms with van der Waals surface area (Å²) in [6.45, 7) is 2.52. The normalized spacial score (nSPS) is 24.6. The SMILES string of the molecule is CNC1C(O)CCCCCCCC1C[Si](C)(c1ccccc1)c1ccccc1. The van der Waals surface area contributed by atoms with Crippen LogP contribution >= 0.6 is 0 Å². The van der Waals surface area contributed by atoms with E-state index in [9.17, 15) is 5.11 Å². The van der Waals surface area contributed by atoms with E-state index >= 15 is 0 Å². The summed E-state index contributed by atoms with van der Waals surface area (Å²) in [5, 5.41) is 17.5. The number of hydrogen-bond acceptors (Lipinski definition) is 2. The molecule has 0 bridgehead atoms. The summed E-state index contributed by atoms with van der Waals surface area (Å²) in [5.74, 6) is 0.509. The predicted molar refractivity (Wildman–Crippen MR) is 123 cm³/mol. The number of rotatable bonds is 5. The van der Waals surface area contributed by atoms with Gasteiger partial charge in [0.15, 0.2) is 0 Å². The van der Waals surface area contributed by atoms with E-state index in [1.165, 1.54) is 48.5 Å². The number of aliphatic hydroxyl groups excluding tert-OH is 1. The molecule has 0 heterocycles. The quantitative estimate of drug-likeness (QED) is 0.744. The minimum absolute atomic E-state index is 0.192. The summed E-state index contributed by atoms with van der Waals surface area (Å²) >= 11 is 0. The maximum atomic E-state index is 11.0. The monoisotopic (exact) mass is 395 g/mol. The molecular formula is C25H37NOSi. The molecule has 3 atom stereocenters. The van der Waals surface area contributed by atoms with E-state index in [0.717, 1.165) is 12.8 Å². The third-order valence-electron chi connectivity index (χ3n) is 6.82. The zero-order chi connectivity index (χ0) is 19.8. The molecule has 0 saturated heterocycles. The molecule has 0 aromatic heterocycles. The first-order valence-electron chi connectivity index (χ1n) is 11.1. The molecule has 3 unspecified atom stereocenters. The number of benzene rings is 2. The summed E-state index contributed by atoms with van der Waals surface area (Å²) in [6.07, 6.45) is 8.24. The highest BCUT2D eigenvalue weighted by Crippen LogP contribution is 2.29. The Morgan fingerprint density at radius 2 is 1.32 bits per heavy atom. The van der Waals surface area contributed by atoms with Gasteiger partial charge in [-0.15, -0.1) is 0 Å². The molecular weight excluding hydrogens is 358 g/mol. The minimum Gasteiger partial charge on any atom is -0.391 e. The van der Waals surface area contributed by atoms with Gasteiger partial charge in [-0.05, 0) is 31.9 Å². The van der Waals surface area contributed by atoms with Crippen LogP contribution in [-0.4, -0.2) is 32.4 Å². The number of nitrogens with one attached hydrogen (secondary N) is 1. The van der Waals surface area contributed by atoms with Gasteiger partial charge in [-0.3, -0.25) is 0 Å². The molecule has 2 N–H and O–H groups in total. The fourth-order valence-corrected chi connectivity index (χ4v) is 9.33. The first-order chi connectivity index (χ1) is 13.6. The van der Waals surface area contributed by atoms with Crippen LogP contribution in [0.1, 0.15) is 44.9 Å². The second-order valence-electron chi connectivity index (χ2n) is 8.76. The molecule has 0 aliphatic heterocycles. The fraction of sp³-hybridized carbons (Fsp3) is 0.520. The number of aliphatic hydroxyl groups is 1. The van der Waals surface area contributed by atoms with Gasteiger partial charge < -0.3 is 10.4 Å². The average Bonchev–Trinajstić information content (AvgIpc) is 2.74. The summed E-state index contributed by atoms with van der Waals surface area (Å²) in [4.78, 5) is 0. The van der Waals surface area contributed by atoms with Crippen molar-refractivity contribution in [2.75, 3.05) is 7.05 Å². The lowest BCUT2D eigenvalue weighted by molar-refractivity contribution is 0.0888. The van der Waals surface area contributed by atoms with Gasteiger partial charge in [0.1, 0.15) is 8.07 Å². The molecule has 1 saturated carbocycles. The smallest absolute Gasteiger partial charge is 0.115 e. The third-order valence-corrected chi connectivity index (χ3v) is 11.4. The molecule has 0 radical (unpaired) electrons. The van der Waals surface area contributed by atoms with Gasteiger partial charge in [-0.2, -0.15) is 0 Å². The van der Waals surface area contributed by atoms with Crippen LogP contribution in [0.15, 0.2) is 60.7 Å². The van der Waals surface area contributed by atoms with Gasteiger partial charge in [0.2, 0.25) is 0 Å². The molecule has 2 nitrogen and oxygen atoms in total. The van der Waals surface area contributed by atoms with Crippen molar-refractivity contribution in [1.29, 1.82) is 0 Å². The van der Waals surface area contributed by atoms with Crippen molar-refractivity contribution in [3.8, 4) is 0 Å². The average molecular weight is 396 g/mol. The molecule has 3 rings (SSSR count). The van der Waals surface area contributed by atoms with E-state index in [2.05, 4.69) is 72.5 Å². The molecule has 1 fully saturated rings. The third kappa shape index (κ3) is 5.14. The Bertz CT molecular complexity index is 651. The van der Waals surface area contributed by atoms with Crippen LogP contribution in [0.2, 0.25) is 12.6 Å². The van der Waals surface area contributed by atoms with Crippen molar-refractivity contribution in [2.45, 2.75) is 69.7 Å². The molecule has 1 aliphatic rings. The first kappa shape index (κ1) is 21.3. The van der Waals surface area contributed by atoms with Crippen molar-refractivity contribution >= 4 is 18.4 Å². The van der Waals surface area contributed by atoms with Crippen LogP contribution in [0, 0.1) is 5.92 Å². The Morgan fingerprint density at radius 1 is 0.821 bits per heavy atom. The lowest BCUT2D eigenvalue weighted by atomic mass is 9.87. The Balaban J connectivity index is 1.95. The molecule has 0 spiro atoms. The topological polar surface area (TPSA) is 32.3 Å². The van der Waals surface area contributed by atoms with Gasteiger partial charge >= 0.3 is 0 Å². The number of hydrogen-bond donors (Lipinski definition) is 2. The van der Waals surface area contributed by atoms with Gasteiger partial charge in [0.25, 0.3) is 0 Å². The predicted octanol–water partition coefficient (Wildman–Crippen LogP) is 4.19. The van der Waals surface area contributed by atoms with Crippen molar-refractivity contribution in [1.82, 2.24) is 5.32 Å². The van der Waals surface area contributed by atoms with Crippen molar-refractivity contribution in [3.63, 3.8) is 0 Å². The highest BCUT2D eigenvalue weighted by molar-refractivity contribution is 7.01. The van der Waals surface area contributed by atoms with Crippen LogP contribution in [0.3, 0.4) is 0 Å². The molecule has 3 heteroatoms. The molecule has 2 aromatic carbocycles. The highest BCUT2D eigenvalue weighted by Gasteiger charge is 2.38. The van der Waals surface area contributed by atoms with E-state index in [0.29, 0.717) is 5.92 Å². The molecule has 152 valence electrons. The van der Waals surface area contributed by atoms with E-state index in [1.54, 1.807) is 0 Å². The zero-order valence-electron chi connectivity index (χ0n) is 17.6. The molecule has 0 amide bonds. The fourth-order valence-electron chi connectivity index (χ4n) is 5.16. The van der Waals surface area contributed by atoms with E-state index in [1.807, 2.05) is 7.05 Å². The minimum atomic E-state index is -1.90. The molecule has 2 aromatic rings. The first-order valence-corrected chi connectivity index (χ1v) is 13.8. The Morgan fingerprint density at radius 3 is 1.86 bits per heavy atom. The lowest BCUT2D eigenvalue weighted by Gasteiger charge is -2.38. The summed E-state index contributed by atoms with van der Waals surface area (Å²) < 4.78 is 0. The second kappa shape index (κ2) is 10.4. The van der Waals surface area contributed by atoms with Crippen LogP contribution in [0.4, 0.5) is 0 Å². The van der Waals surface area contributed by atoms with Gasteiger partial charge in [0, 0.05) is 6.04 Å². The molecule has 28 heavy (non-hydrogen) atoms. The summed E-state index contributed by atoms with van der Waals surface area (Å²) in [5.41, 5.74) is 0. The largest absolute Gasteiger partial charge is 0.391 e. The van der Waals surface area contributed by atoms with Crippen molar-refractivity contribution in [3.05, 3.63) is 60.7 Å². The zero-order valence-corrected chi connectivity index (χ0v) is 18.6. The van der Waals surface area contributed by atoms with E-state index in [-0.39, 0.29) is 12.1 Å². The van der Waals surface area contributed by atoms with Gasteiger partial charge in [0.05, 0.1) is 6.10 Å². The van der Waals surface area contributed by atoms with Crippen LogP contribution in [0.5, 0.6) is 0 Å². The summed E-state index contributed by atoms with van der Waals surface area (Å²) in [6, 6.07) is 23.6. The van der Waals surface area contributed by atoms with Crippen molar-refractivity contribution in [2.24, 2.45) is 5.92 Å². The van der Waals surface area contributed by atoms with Crippen LogP contribution in [-0.2, 0) is 0 Å². The Labute approximate surface area is 172 Å². The lowest BCUT2D eigenvalue weighted by Crippen LogP contribution is -2.58. The molecule has 1 aliphatic carbocycles. The van der Waals surface area contributed by atoms with Gasteiger partial charge in [-0.1, -0.05) is 110 Å². The van der Waals surface area contributed by atoms with Crippen LogP contribution in [0.25, 0.3) is 0 Å². The summed E-state index contributed by atoms with van der Waals surface area (Å²) in [7, 11) is 0.143. The second-order valence-corrected chi connectivity index (χ2v) is 13.0. The van der Waals surface area contributed by atoms with Crippen LogP contribution < -0.4 is 15.7 Å². The Kier molecular flexibility index (Phi) is 7.89. The maximum absolute atomic E-state index is 11.0.